The highest BCUT2D eigenvalue weighted by molar-refractivity contribution is 5.58. The predicted octanol–water partition coefficient (Wildman–Crippen LogP) is 3.82. The molecule has 0 amide bonds. The van der Waals surface area contributed by atoms with Crippen molar-refractivity contribution in [3.8, 4) is 5.82 Å². The van der Waals surface area contributed by atoms with Gasteiger partial charge in [-0.1, -0.05) is 0 Å². The second-order valence-corrected chi connectivity index (χ2v) is 5.79. The molecule has 2 N–H and O–H groups in total. The Morgan fingerprint density at radius 1 is 1.12 bits per heavy atom. The van der Waals surface area contributed by atoms with Gasteiger partial charge in [0, 0.05) is 11.4 Å². The van der Waals surface area contributed by atoms with Crippen molar-refractivity contribution in [2.75, 3.05) is 5.32 Å². The summed E-state index contributed by atoms with van der Waals surface area (Å²) in [5.74, 6) is 0.876. The molecule has 0 radical (unpaired) electrons. The smallest absolute Gasteiger partial charge is 0.156 e. The first-order chi connectivity index (χ1) is 11.4. The van der Waals surface area contributed by atoms with E-state index < -0.39 is 6.10 Å². The Morgan fingerprint density at radius 2 is 1.83 bits per heavy atom. The summed E-state index contributed by atoms with van der Waals surface area (Å²) >= 11 is 0. The lowest BCUT2D eigenvalue weighted by Crippen LogP contribution is -2.06. The standard InChI is InChI=1S/C18H19FN4O/c1-11-8-12(2)23(22-11)18-10-14(13(3)24)9-17(21-18)20-16-6-4-15(19)5-7-16/h4-10,13,24H,1-3H3,(H,20,21). The van der Waals surface area contributed by atoms with Crippen molar-refractivity contribution in [2.24, 2.45) is 0 Å². The lowest BCUT2D eigenvalue weighted by Gasteiger charge is -2.13. The van der Waals surface area contributed by atoms with Gasteiger partial charge in [-0.25, -0.2) is 14.1 Å². The molecule has 124 valence electrons. The number of aryl methyl sites for hydroxylation is 2. The van der Waals surface area contributed by atoms with Crippen LogP contribution in [-0.4, -0.2) is 19.9 Å². The van der Waals surface area contributed by atoms with E-state index in [9.17, 15) is 9.50 Å². The molecule has 0 aliphatic carbocycles. The molecule has 3 aromatic rings. The Morgan fingerprint density at radius 3 is 2.42 bits per heavy atom. The maximum absolute atomic E-state index is 13.0. The van der Waals surface area contributed by atoms with Crippen LogP contribution in [0.5, 0.6) is 0 Å². The first kappa shape index (κ1) is 16.1. The van der Waals surface area contributed by atoms with Gasteiger partial charge in [0.1, 0.15) is 11.6 Å². The summed E-state index contributed by atoms with van der Waals surface area (Å²) in [7, 11) is 0. The second-order valence-electron chi connectivity index (χ2n) is 5.79. The molecular weight excluding hydrogens is 307 g/mol. The maximum atomic E-state index is 13.0. The van der Waals surface area contributed by atoms with E-state index in [1.165, 1.54) is 12.1 Å². The number of nitrogens with zero attached hydrogens (tertiary/aromatic N) is 3. The van der Waals surface area contributed by atoms with Crippen LogP contribution in [0.2, 0.25) is 0 Å². The van der Waals surface area contributed by atoms with Gasteiger partial charge >= 0.3 is 0 Å². The monoisotopic (exact) mass is 326 g/mol. The molecule has 1 unspecified atom stereocenters. The van der Waals surface area contributed by atoms with Crippen molar-refractivity contribution in [3.63, 3.8) is 0 Å². The quantitative estimate of drug-likeness (QED) is 0.765. The summed E-state index contributed by atoms with van der Waals surface area (Å²) in [6.45, 7) is 5.56. The van der Waals surface area contributed by atoms with Crippen LogP contribution in [0.4, 0.5) is 15.9 Å². The highest BCUT2D eigenvalue weighted by atomic mass is 19.1. The molecule has 2 aromatic heterocycles. The zero-order valence-corrected chi connectivity index (χ0v) is 13.8. The molecule has 0 fully saturated rings. The van der Waals surface area contributed by atoms with Crippen LogP contribution in [0.1, 0.15) is 30.0 Å². The van der Waals surface area contributed by atoms with Gasteiger partial charge in [0.25, 0.3) is 0 Å². The number of hydrogen-bond acceptors (Lipinski definition) is 4. The van der Waals surface area contributed by atoms with Gasteiger partial charge in [0.05, 0.1) is 11.8 Å². The number of aliphatic hydroxyl groups excluding tert-OH is 1. The fraction of sp³-hybridized carbons (Fsp3) is 0.222. The molecule has 0 aliphatic heterocycles. The van der Waals surface area contributed by atoms with Crippen LogP contribution in [0.15, 0.2) is 42.5 Å². The largest absolute Gasteiger partial charge is 0.389 e. The summed E-state index contributed by atoms with van der Waals surface area (Å²) in [6, 6.07) is 11.6. The summed E-state index contributed by atoms with van der Waals surface area (Å²) in [6.07, 6.45) is -0.641. The normalized spacial score (nSPS) is 12.2. The number of aromatic nitrogens is 3. The van der Waals surface area contributed by atoms with Gasteiger partial charge in [0.15, 0.2) is 5.82 Å². The molecule has 0 bridgehead atoms. The van der Waals surface area contributed by atoms with Crippen molar-refractivity contribution in [1.82, 2.24) is 14.8 Å². The van der Waals surface area contributed by atoms with E-state index in [-0.39, 0.29) is 5.82 Å². The SMILES string of the molecule is Cc1cc(C)n(-c2cc(C(C)O)cc(Nc3ccc(F)cc3)n2)n1. The van der Waals surface area contributed by atoms with Gasteiger partial charge in [-0.2, -0.15) is 5.10 Å². The number of rotatable bonds is 4. The van der Waals surface area contributed by atoms with Crippen molar-refractivity contribution in [2.45, 2.75) is 26.9 Å². The van der Waals surface area contributed by atoms with Gasteiger partial charge < -0.3 is 10.4 Å². The van der Waals surface area contributed by atoms with Crippen LogP contribution in [0.3, 0.4) is 0 Å². The average Bonchev–Trinajstić information content (AvgIpc) is 2.88. The number of benzene rings is 1. The lowest BCUT2D eigenvalue weighted by molar-refractivity contribution is 0.199. The van der Waals surface area contributed by atoms with Crippen molar-refractivity contribution >= 4 is 11.5 Å². The Bertz CT molecular complexity index is 856. The van der Waals surface area contributed by atoms with E-state index >= 15 is 0 Å². The topological polar surface area (TPSA) is 63.0 Å². The highest BCUT2D eigenvalue weighted by Crippen LogP contribution is 2.23. The summed E-state index contributed by atoms with van der Waals surface area (Å²) < 4.78 is 14.8. The third-order valence-electron chi connectivity index (χ3n) is 3.66. The Balaban J connectivity index is 2.02. The van der Waals surface area contributed by atoms with E-state index in [1.807, 2.05) is 19.9 Å². The first-order valence-corrected chi connectivity index (χ1v) is 7.68. The van der Waals surface area contributed by atoms with E-state index in [1.54, 1.807) is 35.9 Å². The molecule has 0 spiro atoms. The van der Waals surface area contributed by atoms with Gasteiger partial charge in [-0.3, -0.25) is 0 Å². The predicted molar refractivity (Wildman–Crippen MR) is 91.1 cm³/mol. The van der Waals surface area contributed by atoms with E-state index in [4.69, 9.17) is 0 Å². The Labute approximate surface area is 139 Å². The molecule has 3 rings (SSSR count). The summed E-state index contributed by atoms with van der Waals surface area (Å²) in [5, 5.41) is 17.5. The maximum Gasteiger partial charge on any atom is 0.156 e. The molecule has 24 heavy (non-hydrogen) atoms. The Hall–Kier alpha value is -2.73. The van der Waals surface area contributed by atoms with Gasteiger partial charge in [-0.15, -0.1) is 0 Å². The molecule has 2 heterocycles. The van der Waals surface area contributed by atoms with Gasteiger partial charge in [0.2, 0.25) is 0 Å². The zero-order valence-electron chi connectivity index (χ0n) is 13.8. The molecule has 1 atom stereocenters. The molecule has 0 saturated heterocycles. The fourth-order valence-corrected chi connectivity index (χ4v) is 2.49. The minimum absolute atomic E-state index is 0.297. The minimum Gasteiger partial charge on any atom is -0.389 e. The number of halogens is 1. The Kier molecular flexibility index (Phi) is 4.31. The number of anilines is 2. The molecule has 5 nitrogen and oxygen atoms in total. The zero-order chi connectivity index (χ0) is 17.3. The molecule has 6 heteroatoms. The van der Waals surface area contributed by atoms with E-state index in [2.05, 4.69) is 15.4 Å². The first-order valence-electron chi connectivity index (χ1n) is 7.68. The van der Waals surface area contributed by atoms with E-state index in [0.29, 0.717) is 17.3 Å². The van der Waals surface area contributed by atoms with Crippen molar-refractivity contribution in [3.05, 3.63) is 65.2 Å². The molecule has 1 aromatic carbocycles. The fourth-order valence-electron chi connectivity index (χ4n) is 2.49. The second kappa shape index (κ2) is 6.41. The third kappa shape index (κ3) is 3.44. The van der Waals surface area contributed by atoms with Gasteiger partial charge in [-0.05, 0) is 68.8 Å². The van der Waals surface area contributed by atoms with E-state index in [0.717, 1.165) is 17.0 Å². The third-order valence-corrected chi connectivity index (χ3v) is 3.66. The average molecular weight is 326 g/mol. The van der Waals surface area contributed by atoms with Crippen molar-refractivity contribution in [1.29, 1.82) is 0 Å². The molecule has 0 aliphatic rings. The van der Waals surface area contributed by atoms with Crippen LogP contribution in [0.25, 0.3) is 5.82 Å². The lowest BCUT2D eigenvalue weighted by atomic mass is 10.1. The van der Waals surface area contributed by atoms with Crippen LogP contribution in [-0.2, 0) is 0 Å². The molecule has 0 saturated carbocycles. The number of aliphatic hydroxyl groups is 1. The van der Waals surface area contributed by atoms with Crippen molar-refractivity contribution < 1.29 is 9.50 Å². The summed E-state index contributed by atoms with van der Waals surface area (Å²) in [4.78, 5) is 4.56. The van der Waals surface area contributed by atoms with Crippen LogP contribution < -0.4 is 5.32 Å². The highest BCUT2D eigenvalue weighted by Gasteiger charge is 2.11. The number of hydrogen-bond donors (Lipinski definition) is 2. The number of pyridine rings is 1. The number of nitrogens with one attached hydrogen (secondary N) is 1. The van der Waals surface area contributed by atoms with Crippen LogP contribution in [0, 0.1) is 19.7 Å². The molecular formula is C18H19FN4O. The summed E-state index contributed by atoms with van der Waals surface area (Å²) in [5.41, 5.74) is 3.28. The van der Waals surface area contributed by atoms with Crippen LogP contribution >= 0.6 is 0 Å². The minimum atomic E-state index is -0.641.